The lowest BCUT2D eigenvalue weighted by Gasteiger charge is -2.26. The van der Waals surface area contributed by atoms with E-state index in [-0.39, 0.29) is 34.1 Å². The summed E-state index contributed by atoms with van der Waals surface area (Å²) >= 11 is 6.10. The Bertz CT molecular complexity index is 1220. The number of carbonyl (C=O) groups is 1. The van der Waals surface area contributed by atoms with Gasteiger partial charge < -0.3 is 19.0 Å². The van der Waals surface area contributed by atoms with Gasteiger partial charge in [-0.15, -0.1) is 0 Å². The zero-order valence-corrected chi connectivity index (χ0v) is 21.6. The third kappa shape index (κ3) is 7.88. The van der Waals surface area contributed by atoms with Crippen LogP contribution in [0.4, 0.5) is 13.2 Å². The van der Waals surface area contributed by atoms with Crippen LogP contribution in [0.25, 0.3) is 11.1 Å². The van der Waals surface area contributed by atoms with Gasteiger partial charge in [-0.1, -0.05) is 16.8 Å². The minimum atomic E-state index is -4.57. The predicted molar refractivity (Wildman–Crippen MR) is 131 cm³/mol. The number of alkyl halides is 3. The number of halogens is 4. The normalized spacial score (nSPS) is 14.9. The highest BCUT2D eigenvalue weighted by atomic mass is 35.5. The van der Waals surface area contributed by atoms with E-state index in [0.717, 1.165) is 10.6 Å². The van der Waals surface area contributed by atoms with Crippen LogP contribution in [0.2, 0.25) is 5.02 Å². The fourth-order valence-electron chi connectivity index (χ4n) is 3.69. The number of nitrogens with zero attached hydrogens (tertiary/aromatic N) is 2. The number of carbonyl (C=O) groups excluding carboxylic acids is 1. The molecule has 1 aromatic heterocycles. The van der Waals surface area contributed by atoms with Crippen LogP contribution < -0.4 is 15.0 Å². The second-order valence-electron chi connectivity index (χ2n) is 9.39. The minimum Gasteiger partial charge on any atom is -0.495 e. The number of oxime groups is 1. The molecule has 1 atom stereocenters. The van der Waals surface area contributed by atoms with E-state index in [0.29, 0.717) is 25.2 Å². The molecule has 1 aliphatic rings. The minimum absolute atomic E-state index is 0.0639. The molecule has 0 aliphatic carbocycles. The summed E-state index contributed by atoms with van der Waals surface area (Å²) in [4.78, 5) is 31.6. The number of methoxy groups -OCH3 is 1. The van der Waals surface area contributed by atoms with Crippen LogP contribution in [0, 0.1) is 0 Å². The standard InChI is InChI=1S/C25H28ClF3N2O6/c1-24(2,3)37-23(33)19(11-16-6-5-9-36-30-16)31-13-21(34-4)18(12-22(31)32)17-10-15(26)7-8-20(17)35-14-25(27,28)29/h7-8,10,12-13,19H,5-6,9,11,14H2,1-4H3. The molecule has 2 aromatic rings. The maximum Gasteiger partial charge on any atom is 0.422 e. The number of ether oxygens (including phenoxy) is 3. The van der Waals surface area contributed by atoms with Gasteiger partial charge in [0, 0.05) is 28.6 Å². The number of hydrogen-bond donors (Lipinski definition) is 0. The van der Waals surface area contributed by atoms with Gasteiger partial charge >= 0.3 is 12.1 Å². The van der Waals surface area contributed by atoms with Crippen molar-refractivity contribution in [1.29, 1.82) is 0 Å². The SMILES string of the molecule is COc1cn(C(CC2=NOCCC2)C(=O)OC(C)(C)C)c(=O)cc1-c1cc(Cl)ccc1OCC(F)(F)F. The average molecular weight is 545 g/mol. The van der Waals surface area contributed by atoms with Gasteiger partial charge in [0.15, 0.2) is 6.61 Å². The Kier molecular flexibility index (Phi) is 8.78. The van der Waals surface area contributed by atoms with Crippen molar-refractivity contribution in [2.75, 3.05) is 20.3 Å². The van der Waals surface area contributed by atoms with E-state index < -0.39 is 36.0 Å². The van der Waals surface area contributed by atoms with Crippen LogP contribution in [-0.2, 0) is 14.4 Å². The van der Waals surface area contributed by atoms with Crippen molar-refractivity contribution in [3.05, 3.63) is 45.8 Å². The topological polar surface area (TPSA) is 88.4 Å². The van der Waals surface area contributed by atoms with E-state index in [9.17, 15) is 22.8 Å². The summed E-state index contributed by atoms with van der Waals surface area (Å²) in [5, 5.41) is 4.22. The quantitative estimate of drug-likeness (QED) is 0.404. The lowest BCUT2D eigenvalue weighted by atomic mass is 10.0. The van der Waals surface area contributed by atoms with Gasteiger partial charge in [-0.2, -0.15) is 13.2 Å². The van der Waals surface area contributed by atoms with E-state index in [1.165, 1.54) is 31.5 Å². The van der Waals surface area contributed by atoms with Gasteiger partial charge in [0.25, 0.3) is 5.56 Å². The molecule has 37 heavy (non-hydrogen) atoms. The van der Waals surface area contributed by atoms with E-state index in [1.54, 1.807) is 20.8 Å². The first kappa shape index (κ1) is 28.4. The van der Waals surface area contributed by atoms with Gasteiger partial charge in [-0.05, 0) is 51.8 Å². The first-order chi connectivity index (χ1) is 17.3. The van der Waals surface area contributed by atoms with Gasteiger partial charge in [-0.3, -0.25) is 9.36 Å². The second kappa shape index (κ2) is 11.5. The highest BCUT2D eigenvalue weighted by Crippen LogP contribution is 2.38. The average Bonchev–Trinajstić information content (AvgIpc) is 2.80. The molecular weight excluding hydrogens is 517 g/mol. The third-order valence-electron chi connectivity index (χ3n) is 5.23. The van der Waals surface area contributed by atoms with Crippen molar-refractivity contribution < 1.29 is 37.0 Å². The maximum absolute atomic E-state index is 13.3. The molecule has 2 heterocycles. The van der Waals surface area contributed by atoms with Crippen molar-refractivity contribution >= 4 is 23.3 Å². The molecular formula is C25H28ClF3N2O6. The summed E-state index contributed by atoms with van der Waals surface area (Å²) in [7, 11) is 1.33. The molecule has 0 saturated carbocycles. The summed E-state index contributed by atoms with van der Waals surface area (Å²) in [5.41, 5.74) is -0.582. The zero-order chi connectivity index (χ0) is 27.4. The highest BCUT2D eigenvalue weighted by Gasteiger charge is 2.32. The molecule has 0 saturated heterocycles. The van der Waals surface area contributed by atoms with Gasteiger partial charge in [0.2, 0.25) is 0 Å². The summed E-state index contributed by atoms with van der Waals surface area (Å²) in [6.45, 7) is 4.04. The summed E-state index contributed by atoms with van der Waals surface area (Å²) in [6, 6.07) is 4.08. The van der Waals surface area contributed by atoms with Crippen LogP contribution in [0.1, 0.15) is 46.1 Å². The smallest absolute Gasteiger partial charge is 0.422 e. The number of hydrogen-bond acceptors (Lipinski definition) is 7. The van der Waals surface area contributed by atoms with Crippen LogP contribution in [0.5, 0.6) is 11.5 Å². The summed E-state index contributed by atoms with van der Waals surface area (Å²) in [6.07, 6.45) is -1.89. The Balaban J connectivity index is 2.09. The fraction of sp³-hybridized carbons (Fsp3) is 0.480. The lowest BCUT2D eigenvalue weighted by molar-refractivity contribution is -0.159. The zero-order valence-electron chi connectivity index (χ0n) is 20.9. The molecule has 0 radical (unpaired) electrons. The van der Waals surface area contributed by atoms with Gasteiger partial charge in [-0.25, -0.2) is 4.79 Å². The Morgan fingerprint density at radius 3 is 2.49 bits per heavy atom. The summed E-state index contributed by atoms with van der Waals surface area (Å²) < 4.78 is 55.6. The van der Waals surface area contributed by atoms with Crippen LogP contribution >= 0.6 is 11.6 Å². The van der Waals surface area contributed by atoms with Gasteiger partial charge in [0.1, 0.15) is 29.7 Å². The molecule has 3 rings (SSSR count). The molecule has 1 aromatic carbocycles. The molecule has 0 spiro atoms. The molecule has 202 valence electrons. The fourth-order valence-corrected chi connectivity index (χ4v) is 3.87. The first-order valence-corrected chi connectivity index (χ1v) is 11.9. The number of rotatable bonds is 8. The molecule has 8 nitrogen and oxygen atoms in total. The van der Waals surface area contributed by atoms with E-state index in [2.05, 4.69) is 5.16 Å². The van der Waals surface area contributed by atoms with Crippen LogP contribution in [0.3, 0.4) is 0 Å². The van der Waals surface area contributed by atoms with Crippen LogP contribution in [0.15, 0.2) is 40.4 Å². The molecule has 0 bridgehead atoms. The molecule has 1 unspecified atom stereocenters. The van der Waals surface area contributed by atoms with Crippen molar-refractivity contribution in [3.63, 3.8) is 0 Å². The van der Waals surface area contributed by atoms with Crippen molar-refractivity contribution in [2.45, 2.75) is 57.9 Å². The maximum atomic E-state index is 13.3. The molecule has 12 heteroatoms. The largest absolute Gasteiger partial charge is 0.495 e. The van der Waals surface area contributed by atoms with Crippen molar-refractivity contribution in [2.24, 2.45) is 5.16 Å². The number of aromatic nitrogens is 1. The third-order valence-corrected chi connectivity index (χ3v) is 5.46. The molecule has 1 aliphatic heterocycles. The second-order valence-corrected chi connectivity index (χ2v) is 9.83. The summed E-state index contributed by atoms with van der Waals surface area (Å²) in [5.74, 6) is -0.696. The Labute approximate surface area is 216 Å². The first-order valence-electron chi connectivity index (χ1n) is 11.5. The lowest BCUT2D eigenvalue weighted by Crippen LogP contribution is -2.36. The van der Waals surface area contributed by atoms with Crippen molar-refractivity contribution in [1.82, 2.24) is 4.57 Å². The molecule has 0 fully saturated rings. The van der Waals surface area contributed by atoms with E-state index in [1.807, 2.05) is 0 Å². The number of pyridine rings is 1. The van der Waals surface area contributed by atoms with E-state index >= 15 is 0 Å². The molecule has 0 N–H and O–H groups in total. The molecule has 0 amide bonds. The Morgan fingerprint density at radius 2 is 1.89 bits per heavy atom. The Morgan fingerprint density at radius 1 is 1.19 bits per heavy atom. The number of benzene rings is 1. The number of esters is 1. The predicted octanol–water partition coefficient (Wildman–Crippen LogP) is 5.56. The monoisotopic (exact) mass is 544 g/mol. The van der Waals surface area contributed by atoms with Crippen molar-refractivity contribution in [3.8, 4) is 22.6 Å². The highest BCUT2D eigenvalue weighted by molar-refractivity contribution is 6.31. The van der Waals surface area contributed by atoms with Gasteiger partial charge in [0.05, 0.1) is 19.0 Å². The van der Waals surface area contributed by atoms with Crippen LogP contribution in [-0.4, -0.2) is 48.3 Å². The van der Waals surface area contributed by atoms with E-state index in [4.69, 9.17) is 30.6 Å². The Hall–Kier alpha value is -3.21.